The molecule has 0 amide bonds. The predicted octanol–water partition coefficient (Wildman–Crippen LogP) is 4.03. The first-order chi connectivity index (χ1) is 10.9. The van der Waals surface area contributed by atoms with Crippen LogP contribution in [0, 0.1) is 0 Å². The highest BCUT2D eigenvalue weighted by Crippen LogP contribution is 2.09. The Labute approximate surface area is 133 Å². The molecule has 1 atom stereocenters. The van der Waals surface area contributed by atoms with Gasteiger partial charge in [-0.15, -0.1) is 0 Å². The highest BCUT2D eigenvalue weighted by Gasteiger charge is 2.07. The number of hydrogen-bond acceptors (Lipinski definition) is 3. The molecule has 0 aliphatic heterocycles. The monoisotopic (exact) mass is 299 g/mol. The zero-order chi connectivity index (χ0) is 15.5. The molecule has 3 nitrogen and oxygen atoms in total. The molecule has 2 rings (SSSR count). The number of methoxy groups -OCH3 is 1. The lowest BCUT2D eigenvalue weighted by molar-refractivity contribution is -0.00294. The zero-order valence-corrected chi connectivity index (χ0v) is 13.3. The Morgan fingerprint density at radius 1 is 1.00 bits per heavy atom. The summed E-state index contributed by atoms with van der Waals surface area (Å²) in [7, 11) is 1.76. The van der Waals surface area contributed by atoms with Crippen molar-refractivity contribution in [2.45, 2.75) is 38.4 Å². The van der Waals surface area contributed by atoms with Gasteiger partial charge >= 0.3 is 0 Å². The summed E-state index contributed by atoms with van der Waals surface area (Å²) in [4.78, 5) is 4.34. The molecule has 0 aliphatic carbocycles. The lowest BCUT2D eigenvalue weighted by Gasteiger charge is -2.15. The second-order valence-corrected chi connectivity index (χ2v) is 5.43. The summed E-state index contributed by atoms with van der Waals surface area (Å²) >= 11 is 0. The number of nitrogens with zero attached hydrogens (tertiary/aromatic N) is 1. The summed E-state index contributed by atoms with van der Waals surface area (Å²) < 4.78 is 11.3. The van der Waals surface area contributed by atoms with Gasteiger partial charge in [-0.3, -0.25) is 4.98 Å². The van der Waals surface area contributed by atoms with Crippen molar-refractivity contribution in [1.82, 2.24) is 4.98 Å². The average Bonchev–Trinajstić information content (AvgIpc) is 2.59. The van der Waals surface area contributed by atoms with E-state index in [0.717, 1.165) is 31.4 Å². The van der Waals surface area contributed by atoms with E-state index in [1.54, 1.807) is 7.11 Å². The van der Waals surface area contributed by atoms with Crippen LogP contribution in [-0.4, -0.2) is 24.8 Å². The molecule has 0 spiro atoms. The molecule has 1 heterocycles. The van der Waals surface area contributed by atoms with Gasteiger partial charge in [0, 0.05) is 19.0 Å². The van der Waals surface area contributed by atoms with Crippen molar-refractivity contribution in [1.29, 1.82) is 0 Å². The first-order valence-corrected chi connectivity index (χ1v) is 7.93. The minimum Gasteiger partial charge on any atom is -0.379 e. The number of ether oxygens (including phenoxy) is 2. The summed E-state index contributed by atoms with van der Waals surface area (Å²) in [5.74, 6) is 0. The molecular weight excluding hydrogens is 274 g/mol. The van der Waals surface area contributed by atoms with Crippen molar-refractivity contribution in [3.05, 3.63) is 66.0 Å². The Kier molecular flexibility index (Phi) is 7.64. The minimum atomic E-state index is 0.174. The van der Waals surface area contributed by atoms with Crippen molar-refractivity contribution >= 4 is 0 Å². The fourth-order valence-corrected chi connectivity index (χ4v) is 2.38. The second-order valence-electron chi connectivity index (χ2n) is 5.43. The van der Waals surface area contributed by atoms with E-state index in [1.165, 1.54) is 5.56 Å². The van der Waals surface area contributed by atoms with Crippen molar-refractivity contribution in [3.8, 4) is 0 Å². The van der Waals surface area contributed by atoms with Crippen LogP contribution < -0.4 is 0 Å². The van der Waals surface area contributed by atoms with E-state index >= 15 is 0 Å². The maximum Gasteiger partial charge on any atom is 0.0804 e. The van der Waals surface area contributed by atoms with E-state index < -0.39 is 0 Å². The van der Waals surface area contributed by atoms with Crippen LogP contribution in [0.2, 0.25) is 0 Å². The van der Waals surface area contributed by atoms with Crippen molar-refractivity contribution in [3.63, 3.8) is 0 Å². The van der Waals surface area contributed by atoms with Crippen LogP contribution in [0.25, 0.3) is 0 Å². The topological polar surface area (TPSA) is 31.4 Å². The summed E-state index contributed by atoms with van der Waals surface area (Å²) in [6.45, 7) is 1.30. The molecule has 0 saturated heterocycles. The number of pyridine rings is 1. The van der Waals surface area contributed by atoms with Gasteiger partial charge in [-0.25, -0.2) is 0 Å². The Morgan fingerprint density at radius 2 is 1.82 bits per heavy atom. The fraction of sp³-hybridized carbons (Fsp3) is 0.421. The smallest absolute Gasteiger partial charge is 0.0804 e. The van der Waals surface area contributed by atoms with Crippen molar-refractivity contribution in [2.24, 2.45) is 0 Å². The Bertz CT molecular complexity index is 501. The molecule has 0 aliphatic rings. The summed E-state index contributed by atoms with van der Waals surface area (Å²) in [5, 5.41) is 0. The first kappa shape index (κ1) is 16.7. The number of aryl methyl sites for hydroxylation is 1. The van der Waals surface area contributed by atoms with Gasteiger partial charge in [-0.1, -0.05) is 42.8 Å². The number of rotatable bonds is 10. The summed E-state index contributed by atoms with van der Waals surface area (Å²) in [5.41, 5.74) is 2.37. The molecule has 1 aromatic carbocycles. The Morgan fingerprint density at radius 3 is 2.55 bits per heavy atom. The Balaban J connectivity index is 1.58. The van der Waals surface area contributed by atoms with Gasteiger partial charge in [0.05, 0.1) is 19.3 Å². The maximum absolute atomic E-state index is 5.75. The van der Waals surface area contributed by atoms with Crippen molar-refractivity contribution in [2.75, 3.05) is 13.7 Å². The fourth-order valence-electron chi connectivity index (χ4n) is 2.38. The van der Waals surface area contributed by atoms with Gasteiger partial charge in [-0.2, -0.15) is 0 Å². The van der Waals surface area contributed by atoms with E-state index in [0.29, 0.717) is 13.2 Å². The van der Waals surface area contributed by atoms with E-state index in [4.69, 9.17) is 9.47 Å². The van der Waals surface area contributed by atoms with Crippen LogP contribution in [0.15, 0.2) is 54.7 Å². The van der Waals surface area contributed by atoms with Crippen LogP contribution in [0.1, 0.15) is 30.5 Å². The van der Waals surface area contributed by atoms with Gasteiger partial charge in [0.1, 0.15) is 0 Å². The number of unbranched alkanes of at least 4 members (excludes halogenated alkanes) is 1. The highest BCUT2D eigenvalue weighted by atomic mass is 16.5. The van der Waals surface area contributed by atoms with E-state index in [2.05, 4.69) is 23.2 Å². The molecule has 118 valence electrons. The third-order valence-corrected chi connectivity index (χ3v) is 3.68. The largest absolute Gasteiger partial charge is 0.379 e. The quantitative estimate of drug-likeness (QED) is 0.621. The molecule has 0 bridgehead atoms. The van der Waals surface area contributed by atoms with Crippen LogP contribution in [0.3, 0.4) is 0 Å². The SMILES string of the molecule is CO[C@@H](CCCCc1ccccn1)COCc1ccccc1. The number of benzene rings is 1. The van der Waals surface area contributed by atoms with Gasteiger partial charge in [0.25, 0.3) is 0 Å². The molecule has 2 aromatic rings. The molecule has 1 aromatic heterocycles. The van der Waals surface area contributed by atoms with E-state index in [1.807, 2.05) is 36.5 Å². The molecule has 0 radical (unpaired) electrons. The van der Waals surface area contributed by atoms with Crippen LogP contribution in [0.4, 0.5) is 0 Å². The van der Waals surface area contributed by atoms with Crippen molar-refractivity contribution < 1.29 is 9.47 Å². The molecule has 0 N–H and O–H groups in total. The van der Waals surface area contributed by atoms with Gasteiger partial charge in [0.2, 0.25) is 0 Å². The van der Waals surface area contributed by atoms with Gasteiger partial charge in [0.15, 0.2) is 0 Å². The lowest BCUT2D eigenvalue weighted by atomic mass is 10.1. The maximum atomic E-state index is 5.75. The molecular formula is C19H25NO2. The first-order valence-electron chi connectivity index (χ1n) is 7.93. The molecule has 22 heavy (non-hydrogen) atoms. The predicted molar refractivity (Wildman–Crippen MR) is 88.7 cm³/mol. The van der Waals surface area contributed by atoms with E-state index in [9.17, 15) is 0 Å². The molecule has 3 heteroatoms. The third kappa shape index (κ3) is 6.37. The molecule has 0 unspecified atom stereocenters. The highest BCUT2D eigenvalue weighted by molar-refractivity contribution is 5.13. The summed E-state index contributed by atoms with van der Waals surface area (Å²) in [6.07, 6.45) is 6.34. The summed E-state index contributed by atoms with van der Waals surface area (Å²) in [6, 6.07) is 16.3. The van der Waals surface area contributed by atoms with Crippen LogP contribution in [-0.2, 0) is 22.5 Å². The lowest BCUT2D eigenvalue weighted by Crippen LogP contribution is -2.18. The molecule has 0 fully saturated rings. The number of aromatic nitrogens is 1. The van der Waals surface area contributed by atoms with Gasteiger partial charge < -0.3 is 9.47 Å². The van der Waals surface area contributed by atoms with E-state index in [-0.39, 0.29) is 6.10 Å². The minimum absolute atomic E-state index is 0.174. The molecule has 0 saturated carbocycles. The van der Waals surface area contributed by atoms with Crippen LogP contribution in [0.5, 0.6) is 0 Å². The number of hydrogen-bond donors (Lipinski definition) is 0. The normalized spacial score (nSPS) is 12.2. The van der Waals surface area contributed by atoms with Gasteiger partial charge in [-0.05, 0) is 37.0 Å². The Hall–Kier alpha value is -1.71. The standard InChI is InChI=1S/C19H25NO2/c1-21-19(16-22-15-17-9-3-2-4-10-17)13-6-5-11-18-12-7-8-14-20-18/h2-4,7-10,12,14,19H,5-6,11,13,15-16H2,1H3/t19-/m0/s1. The third-order valence-electron chi connectivity index (χ3n) is 3.68. The second kappa shape index (κ2) is 10.1. The van der Waals surface area contributed by atoms with Crippen LogP contribution >= 0.6 is 0 Å². The average molecular weight is 299 g/mol. The zero-order valence-electron chi connectivity index (χ0n) is 13.3.